The van der Waals surface area contributed by atoms with E-state index in [0.717, 1.165) is 4.90 Å². The number of nitrogen functional groups attached to an aromatic ring is 1. The zero-order valence-electron chi connectivity index (χ0n) is 9.94. The van der Waals surface area contributed by atoms with Crippen molar-refractivity contribution in [2.75, 3.05) is 18.1 Å². The molecule has 0 bridgehead atoms. The Kier molecular flexibility index (Phi) is 3.18. The molecule has 5 nitrogen and oxygen atoms in total. The number of nitrogens with zero attached hydrogens (tertiary/aromatic N) is 1. The number of carbonyl (C=O) groups is 2. The summed E-state index contributed by atoms with van der Waals surface area (Å²) in [5.41, 5.74) is 6.43. The lowest BCUT2D eigenvalue weighted by molar-refractivity contribution is -0.146. The van der Waals surface area contributed by atoms with Crippen molar-refractivity contribution in [1.82, 2.24) is 4.90 Å². The van der Waals surface area contributed by atoms with Gasteiger partial charge in [0.15, 0.2) is 0 Å². The van der Waals surface area contributed by atoms with E-state index in [2.05, 4.69) is 5.32 Å². The molecule has 1 saturated heterocycles. The third kappa shape index (κ3) is 2.27. The first-order valence-corrected chi connectivity index (χ1v) is 5.61. The van der Waals surface area contributed by atoms with Crippen LogP contribution in [0.3, 0.4) is 0 Å². The maximum absolute atomic E-state index is 13.1. The van der Waals surface area contributed by atoms with Gasteiger partial charge >= 0.3 is 0 Å². The second-order valence-corrected chi connectivity index (χ2v) is 4.26. The topological polar surface area (TPSA) is 75.4 Å². The van der Waals surface area contributed by atoms with Gasteiger partial charge in [0.25, 0.3) is 5.91 Å². The molecule has 3 N–H and O–H groups in total. The first-order valence-electron chi connectivity index (χ1n) is 5.61. The molecule has 1 fully saturated rings. The highest BCUT2D eigenvalue weighted by Gasteiger charge is 2.31. The minimum Gasteiger partial charge on any atom is -0.397 e. The Labute approximate surface area is 104 Å². The fraction of sp³-hybridized carbons (Fsp3) is 0.333. The van der Waals surface area contributed by atoms with Crippen molar-refractivity contribution in [3.63, 3.8) is 0 Å². The lowest BCUT2D eigenvalue weighted by atomic mass is 10.0. The number of piperidine rings is 1. The Morgan fingerprint density at radius 3 is 2.89 bits per heavy atom. The van der Waals surface area contributed by atoms with Crippen LogP contribution in [0.15, 0.2) is 18.2 Å². The molecule has 0 aliphatic carbocycles. The number of hydrogen-bond acceptors (Lipinski definition) is 4. The fourth-order valence-corrected chi connectivity index (χ4v) is 1.89. The second kappa shape index (κ2) is 4.64. The van der Waals surface area contributed by atoms with Crippen LogP contribution >= 0.6 is 0 Å². The summed E-state index contributed by atoms with van der Waals surface area (Å²) >= 11 is 0. The van der Waals surface area contributed by atoms with Crippen LogP contribution in [0.2, 0.25) is 0 Å². The number of likely N-dealkylation sites (tertiary alicyclic amines) is 1. The van der Waals surface area contributed by atoms with Crippen LogP contribution in [0.25, 0.3) is 0 Å². The van der Waals surface area contributed by atoms with Crippen LogP contribution in [0.5, 0.6) is 0 Å². The van der Waals surface area contributed by atoms with Crippen molar-refractivity contribution in [1.29, 1.82) is 0 Å². The van der Waals surface area contributed by atoms with E-state index >= 15 is 0 Å². The predicted octanol–water partition coefficient (Wildman–Crippen LogP) is 0.967. The van der Waals surface area contributed by atoms with E-state index in [9.17, 15) is 14.0 Å². The largest absolute Gasteiger partial charge is 0.397 e. The van der Waals surface area contributed by atoms with Gasteiger partial charge in [-0.3, -0.25) is 14.5 Å². The fourth-order valence-electron chi connectivity index (χ4n) is 1.89. The van der Waals surface area contributed by atoms with Gasteiger partial charge in [-0.05, 0) is 24.6 Å². The van der Waals surface area contributed by atoms with E-state index in [4.69, 9.17) is 5.73 Å². The molecule has 2 rings (SSSR count). The number of likely N-dealkylation sites (N-methyl/N-ethyl adjacent to an activating group) is 1. The molecule has 1 aliphatic heterocycles. The molecule has 1 aromatic carbocycles. The van der Waals surface area contributed by atoms with Crippen molar-refractivity contribution in [3.05, 3.63) is 24.0 Å². The summed E-state index contributed by atoms with van der Waals surface area (Å²) in [7, 11) is 1.44. The van der Waals surface area contributed by atoms with Crippen LogP contribution in [-0.2, 0) is 9.59 Å². The Hall–Kier alpha value is -2.11. The molecule has 0 aromatic heterocycles. The number of amides is 2. The summed E-state index contributed by atoms with van der Waals surface area (Å²) in [6.45, 7) is 0. The summed E-state index contributed by atoms with van der Waals surface area (Å²) < 4.78 is 13.1. The van der Waals surface area contributed by atoms with Gasteiger partial charge in [0.1, 0.15) is 11.9 Å². The molecular weight excluding hydrogens is 237 g/mol. The van der Waals surface area contributed by atoms with Crippen molar-refractivity contribution in [2.45, 2.75) is 18.9 Å². The predicted molar refractivity (Wildman–Crippen MR) is 65.2 cm³/mol. The van der Waals surface area contributed by atoms with Crippen molar-refractivity contribution in [3.8, 4) is 0 Å². The summed E-state index contributed by atoms with van der Waals surface area (Å²) in [6.07, 6.45) is 0.674. The molecule has 1 atom stereocenters. The monoisotopic (exact) mass is 251 g/mol. The molecule has 1 aliphatic rings. The van der Waals surface area contributed by atoms with E-state index in [-0.39, 0.29) is 18.2 Å². The Balaban J connectivity index is 2.16. The van der Waals surface area contributed by atoms with Crippen molar-refractivity contribution in [2.24, 2.45) is 0 Å². The zero-order valence-corrected chi connectivity index (χ0v) is 9.94. The van der Waals surface area contributed by atoms with Crippen LogP contribution in [0, 0.1) is 5.82 Å². The number of nitrogens with one attached hydrogen (secondary N) is 1. The molecule has 18 heavy (non-hydrogen) atoms. The minimum absolute atomic E-state index is 0.203. The number of benzene rings is 1. The molecule has 0 saturated carbocycles. The second-order valence-electron chi connectivity index (χ2n) is 4.26. The highest BCUT2D eigenvalue weighted by molar-refractivity contribution is 6.01. The Bertz CT molecular complexity index is 504. The smallest absolute Gasteiger partial charge is 0.251 e. The SMILES string of the molecule is CN1C(=O)CCC(Nc2cc(F)ccc2N)C1=O. The van der Waals surface area contributed by atoms with Crippen molar-refractivity contribution < 1.29 is 14.0 Å². The van der Waals surface area contributed by atoms with Crippen molar-refractivity contribution >= 4 is 23.2 Å². The Morgan fingerprint density at radius 1 is 1.44 bits per heavy atom. The van der Waals surface area contributed by atoms with Gasteiger partial charge in [-0.25, -0.2) is 4.39 Å². The van der Waals surface area contributed by atoms with Gasteiger partial charge in [-0.2, -0.15) is 0 Å². The summed E-state index contributed by atoms with van der Waals surface area (Å²) in [6, 6.07) is 3.37. The van der Waals surface area contributed by atoms with Gasteiger partial charge in [-0.1, -0.05) is 0 Å². The number of nitrogens with two attached hydrogens (primary N) is 1. The number of carbonyl (C=O) groups excluding carboxylic acids is 2. The van der Waals surface area contributed by atoms with Gasteiger partial charge in [0, 0.05) is 13.5 Å². The molecule has 1 heterocycles. The van der Waals surface area contributed by atoms with Crippen LogP contribution in [-0.4, -0.2) is 29.8 Å². The summed E-state index contributed by atoms with van der Waals surface area (Å²) in [5.74, 6) is -0.959. The molecule has 2 amide bonds. The van der Waals surface area contributed by atoms with Crippen LogP contribution in [0.4, 0.5) is 15.8 Å². The number of anilines is 2. The number of halogens is 1. The van der Waals surface area contributed by atoms with E-state index in [1.165, 1.54) is 25.2 Å². The molecule has 0 radical (unpaired) electrons. The normalized spacial score (nSPS) is 20.1. The maximum Gasteiger partial charge on any atom is 0.251 e. The number of hydrogen-bond donors (Lipinski definition) is 2. The van der Waals surface area contributed by atoms with Gasteiger partial charge in [0.05, 0.1) is 11.4 Å². The standard InChI is InChI=1S/C12H14FN3O2/c1-16-11(17)5-4-9(12(16)18)15-10-6-7(13)2-3-8(10)14/h2-3,6,9,15H,4-5,14H2,1H3. The van der Waals surface area contributed by atoms with Gasteiger partial charge < -0.3 is 11.1 Å². The number of rotatable bonds is 2. The lowest BCUT2D eigenvalue weighted by Crippen LogP contribution is -2.48. The quantitative estimate of drug-likeness (QED) is 0.606. The van der Waals surface area contributed by atoms with E-state index in [1.54, 1.807) is 0 Å². The first kappa shape index (κ1) is 12.3. The van der Waals surface area contributed by atoms with E-state index in [0.29, 0.717) is 17.8 Å². The summed E-state index contributed by atoms with van der Waals surface area (Å²) in [5, 5.41) is 2.88. The highest BCUT2D eigenvalue weighted by atomic mass is 19.1. The average molecular weight is 251 g/mol. The molecule has 6 heteroatoms. The Morgan fingerprint density at radius 2 is 2.17 bits per heavy atom. The van der Waals surface area contributed by atoms with Gasteiger partial charge in [-0.15, -0.1) is 0 Å². The van der Waals surface area contributed by atoms with E-state index < -0.39 is 11.9 Å². The number of imide groups is 1. The highest BCUT2D eigenvalue weighted by Crippen LogP contribution is 2.23. The average Bonchev–Trinajstić information content (AvgIpc) is 2.34. The maximum atomic E-state index is 13.1. The van der Waals surface area contributed by atoms with E-state index in [1.807, 2.05) is 0 Å². The molecule has 96 valence electrons. The molecule has 1 aromatic rings. The lowest BCUT2D eigenvalue weighted by Gasteiger charge is -2.29. The first-order chi connectivity index (χ1) is 8.49. The molecule has 1 unspecified atom stereocenters. The summed E-state index contributed by atoms with van der Waals surface area (Å²) in [4.78, 5) is 24.2. The molecular formula is C12H14FN3O2. The van der Waals surface area contributed by atoms with Crippen LogP contribution in [0.1, 0.15) is 12.8 Å². The minimum atomic E-state index is -0.545. The van der Waals surface area contributed by atoms with Crippen LogP contribution < -0.4 is 11.1 Å². The third-order valence-electron chi connectivity index (χ3n) is 2.99. The van der Waals surface area contributed by atoms with Gasteiger partial charge in [0.2, 0.25) is 5.91 Å². The molecule has 0 spiro atoms. The third-order valence-corrected chi connectivity index (χ3v) is 2.99. The zero-order chi connectivity index (χ0) is 13.3.